The first kappa shape index (κ1) is 11.4. The largest absolute Gasteiger partial charge is 0.382 e. The highest BCUT2D eigenvalue weighted by atomic mass is 19.1. The Morgan fingerprint density at radius 1 is 1.25 bits per heavy atom. The van der Waals surface area contributed by atoms with Gasteiger partial charge >= 0.3 is 0 Å². The second kappa shape index (κ2) is 5.30. The van der Waals surface area contributed by atoms with Crippen LogP contribution in [-0.2, 0) is 0 Å². The lowest BCUT2D eigenvalue weighted by molar-refractivity contribution is -0.903. The highest BCUT2D eigenvalue weighted by Crippen LogP contribution is 2.13. The van der Waals surface area contributed by atoms with E-state index in [1.54, 1.807) is 4.90 Å². The van der Waals surface area contributed by atoms with Crippen molar-refractivity contribution in [2.45, 2.75) is 25.8 Å². The quantitative estimate of drug-likeness (QED) is 0.790. The molecule has 3 heteroatoms. The minimum absolute atomic E-state index is 0.171. The summed E-state index contributed by atoms with van der Waals surface area (Å²) in [4.78, 5) is 1.69. The maximum absolute atomic E-state index is 12.7. The predicted octanol–water partition coefficient (Wildman–Crippen LogP) is 1.30. The van der Waals surface area contributed by atoms with Crippen LogP contribution in [0.25, 0.3) is 0 Å². The number of quaternary nitrogens is 1. The monoisotopic (exact) mass is 223 g/mol. The summed E-state index contributed by atoms with van der Waals surface area (Å²) in [6.07, 6.45) is 2.42. The Morgan fingerprint density at radius 3 is 2.44 bits per heavy atom. The summed E-state index contributed by atoms with van der Waals surface area (Å²) in [6, 6.07) is 7.20. The van der Waals surface area contributed by atoms with Crippen LogP contribution >= 0.6 is 0 Å². The maximum Gasteiger partial charge on any atom is 0.123 e. The number of hydrogen-bond donors (Lipinski definition) is 2. The molecule has 0 spiro atoms. The summed E-state index contributed by atoms with van der Waals surface area (Å²) in [7, 11) is 0. The van der Waals surface area contributed by atoms with Crippen molar-refractivity contribution >= 4 is 5.69 Å². The van der Waals surface area contributed by atoms with Crippen molar-refractivity contribution in [3.8, 4) is 0 Å². The van der Waals surface area contributed by atoms with Gasteiger partial charge in [0.2, 0.25) is 0 Å². The van der Waals surface area contributed by atoms with Gasteiger partial charge in [0.1, 0.15) is 5.82 Å². The highest BCUT2D eigenvalue weighted by Gasteiger charge is 2.20. The second-order valence-electron chi connectivity index (χ2n) is 4.53. The normalized spacial score (nSPS) is 25.4. The van der Waals surface area contributed by atoms with E-state index in [-0.39, 0.29) is 5.82 Å². The van der Waals surface area contributed by atoms with Crippen LogP contribution in [0, 0.1) is 5.82 Å². The van der Waals surface area contributed by atoms with Crippen molar-refractivity contribution in [2.75, 3.05) is 25.0 Å². The molecule has 1 aliphatic rings. The molecule has 0 atom stereocenters. The number of halogens is 1. The zero-order valence-corrected chi connectivity index (χ0v) is 9.80. The molecule has 1 saturated heterocycles. The van der Waals surface area contributed by atoms with E-state index in [1.807, 2.05) is 12.1 Å². The SMILES string of the molecule is CC[NH+]1CCC(Nc2ccc(F)cc2)CC1. The van der Waals surface area contributed by atoms with E-state index >= 15 is 0 Å². The molecule has 0 amide bonds. The molecule has 0 saturated carbocycles. The highest BCUT2D eigenvalue weighted by molar-refractivity contribution is 5.43. The Balaban J connectivity index is 1.84. The molecule has 0 aliphatic carbocycles. The molecule has 16 heavy (non-hydrogen) atoms. The van der Waals surface area contributed by atoms with Crippen LogP contribution < -0.4 is 10.2 Å². The maximum atomic E-state index is 12.7. The van der Waals surface area contributed by atoms with Crippen molar-refractivity contribution in [1.82, 2.24) is 0 Å². The Morgan fingerprint density at radius 2 is 1.88 bits per heavy atom. The number of rotatable bonds is 3. The summed E-state index contributed by atoms with van der Waals surface area (Å²) in [6.45, 7) is 5.96. The van der Waals surface area contributed by atoms with E-state index in [2.05, 4.69) is 12.2 Å². The molecule has 1 aliphatic heterocycles. The topological polar surface area (TPSA) is 16.5 Å². The molecule has 1 heterocycles. The van der Waals surface area contributed by atoms with Gasteiger partial charge in [0.05, 0.1) is 19.6 Å². The summed E-state index contributed by atoms with van der Waals surface area (Å²) in [5.74, 6) is -0.171. The van der Waals surface area contributed by atoms with Crippen LogP contribution in [0.5, 0.6) is 0 Å². The lowest BCUT2D eigenvalue weighted by Crippen LogP contribution is -3.13. The fourth-order valence-corrected chi connectivity index (χ4v) is 2.31. The number of benzene rings is 1. The van der Waals surface area contributed by atoms with E-state index in [0.29, 0.717) is 6.04 Å². The van der Waals surface area contributed by atoms with E-state index in [9.17, 15) is 4.39 Å². The first-order valence-corrected chi connectivity index (χ1v) is 6.13. The third-order valence-electron chi connectivity index (χ3n) is 3.41. The third-order valence-corrected chi connectivity index (χ3v) is 3.41. The van der Waals surface area contributed by atoms with Gasteiger partial charge in [-0.25, -0.2) is 4.39 Å². The standard InChI is InChI=1S/C13H19FN2/c1-2-16-9-7-13(8-10-16)15-12-5-3-11(14)4-6-12/h3-6,13,15H,2,7-10H2,1H3/p+1. The molecular formula is C13H20FN2+. The van der Waals surface area contributed by atoms with Gasteiger partial charge in [-0.3, -0.25) is 0 Å². The Hall–Kier alpha value is -1.09. The van der Waals surface area contributed by atoms with Crippen molar-refractivity contribution in [2.24, 2.45) is 0 Å². The lowest BCUT2D eigenvalue weighted by Gasteiger charge is -2.29. The predicted molar refractivity (Wildman–Crippen MR) is 64.3 cm³/mol. The third kappa shape index (κ3) is 2.95. The van der Waals surface area contributed by atoms with Gasteiger partial charge in [-0.2, -0.15) is 0 Å². The molecule has 2 N–H and O–H groups in total. The summed E-state index contributed by atoms with van der Waals surface area (Å²) in [5.41, 5.74) is 1.03. The molecule has 1 fully saturated rings. The van der Waals surface area contributed by atoms with E-state index in [1.165, 1.54) is 44.6 Å². The minimum Gasteiger partial charge on any atom is -0.382 e. The summed E-state index contributed by atoms with van der Waals surface area (Å²) in [5, 5.41) is 3.47. The number of hydrogen-bond acceptors (Lipinski definition) is 1. The molecule has 0 radical (unpaired) electrons. The molecule has 1 aromatic rings. The number of likely N-dealkylation sites (tertiary alicyclic amines) is 1. The fourth-order valence-electron chi connectivity index (χ4n) is 2.31. The Kier molecular flexibility index (Phi) is 3.78. The van der Waals surface area contributed by atoms with Gasteiger partial charge in [0, 0.05) is 24.6 Å². The zero-order chi connectivity index (χ0) is 11.4. The molecule has 2 rings (SSSR count). The van der Waals surface area contributed by atoms with E-state index < -0.39 is 0 Å². The molecular weight excluding hydrogens is 203 g/mol. The van der Waals surface area contributed by atoms with Gasteiger partial charge in [-0.15, -0.1) is 0 Å². The number of nitrogens with one attached hydrogen (secondary N) is 2. The van der Waals surface area contributed by atoms with Gasteiger partial charge in [-0.05, 0) is 31.2 Å². The van der Waals surface area contributed by atoms with Gasteiger partial charge < -0.3 is 10.2 Å². The fraction of sp³-hybridized carbons (Fsp3) is 0.538. The van der Waals surface area contributed by atoms with Crippen molar-refractivity contribution < 1.29 is 9.29 Å². The zero-order valence-electron chi connectivity index (χ0n) is 9.80. The van der Waals surface area contributed by atoms with Crippen LogP contribution in [0.15, 0.2) is 24.3 Å². The molecule has 0 bridgehead atoms. The van der Waals surface area contributed by atoms with E-state index in [4.69, 9.17) is 0 Å². The van der Waals surface area contributed by atoms with Gasteiger partial charge in [0.15, 0.2) is 0 Å². The average molecular weight is 223 g/mol. The molecule has 0 aromatic heterocycles. The molecule has 1 aromatic carbocycles. The van der Waals surface area contributed by atoms with Crippen LogP contribution in [0.3, 0.4) is 0 Å². The van der Waals surface area contributed by atoms with Crippen LogP contribution in [0.4, 0.5) is 10.1 Å². The first-order chi connectivity index (χ1) is 7.78. The molecule has 2 nitrogen and oxygen atoms in total. The molecule has 0 unspecified atom stereocenters. The van der Waals surface area contributed by atoms with Gasteiger partial charge in [0.25, 0.3) is 0 Å². The van der Waals surface area contributed by atoms with Gasteiger partial charge in [-0.1, -0.05) is 0 Å². The van der Waals surface area contributed by atoms with Crippen LogP contribution in [-0.4, -0.2) is 25.7 Å². The van der Waals surface area contributed by atoms with Crippen molar-refractivity contribution in [1.29, 1.82) is 0 Å². The summed E-state index contributed by atoms with van der Waals surface area (Å²) >= 11 is 0. The van der Waals surface area contributed by atoms with Crippen LogP contribution in [0.1, 0.15) is 19.8 Å². The summed E-state index contributed by atoms with van der Waals surface area (Å²) < 4.78 is 12.7. The second-order valence-corrected chi connectivity index (χ2v) is 4.53. The smallest absolute Gasteiger partial charge is 0.123 e. The average Bonchev–Trinajstić information content (AvgIpc) is 2.33. The minimum atomic E-state index is -0.171. The van der Waals surface area contributed by atoms with E-state index in [0.717, 1.165) is 5.69 Å². The first-order valence-electron chi connectivity index (χ1n) is 6.13. The Labute approximate surface area is 96.5 Å². The van der Waals surface area contributed by atoms with Crippen molar-refractivity contribution in [3.05, 3.63) is 30.1 Å². The lowest BCUT2D eigenvalue weighted by atomic mass is 10.0. The van der Waals surface area contributed by atoms with Crippen molar-refractivity contribution in [3.63, 3.8) is 0 Å². The number of piperidine rings is 1. The number of anilines is 1. The van der Waals surface area contributed by atoms with Crippen LogP contribution in [0.2, 0.25) is 0 Å². The molecule has 88 valence electrons. The Bertz CT molecular complexity index is 315.